The highest BCUT2D eigenvalue weighted by Crippen LogP contribution is 2.24. The number of hydrogen-bond acceptors (Lipinski definition) is 10. The van der Waals surface area contributed by atoms with Crippen molar-refractivity contribution in [2.45, 2.75) is 134 Å². The van der Waals surface area contributed by atoms with Gasteiger partial charge < -0.3 is 41.0 Å². The van der Waals surface area contributed by atoms with Crippen LogP contribution in [0.3, 0.4) is 0 Å². The molecule has 7 N–H and O–H groups in total. The maximum Gasteiger partial charge on any atom is 0.242 e. The number of nitrogens with zero attached hydrogens (tertiary/aromatic N) is 3. The molecule has 1 fully saturated rings. The number of aromatic amines is 1. The second-order valence-corrected chi connectivity index (χ2v) is 11.2. The Balaban J connectivity index is 1.35. The molecule has 42 heavy (non-hydrogen) atoms. The van der Waals surface area contributed by atoms with Crippen LogP contribution < -0.4 is 16.0 Å². The SMILES string of the molecule is CCCCCCCCCCCCCCC(=O)N[C@H](C)C(=O)N[C@H]1[C@H](CO)O[C@H](Nc2ncnc3nc[nH]c23)C(O)[C@@H]1O. The number of unbranched alkanes of at least 4 members (excludes halogenated alkanes) is 11. The fourth-order valence-corrected chi connectivity index (χ4v) is 5.22. The van der Waals surface area contributed by atoms with E-state index in [2.05, 4.69) is 42.8 Å². The number of amides is 2. The third-order valence-electron chi connectivity index (χ3n) is 7.77. The third-order valence-corrected chi connectivity index (χ3v) is 7.77. The van der Waals surface area contributed by atoms with Crippen molar-refractivity contribution in [3.63, 3.8) is 0 Å². The Kier molecular flexibility index (Phi) is 14.4. The highest BCUT2D eigenvalue weighted by Gasteiger charge is 2.45. The van der Waals surface area contributed by atoms with Crippen molar-refractivity contribution in [2.75, 3.05) is 11.9 Å². The first-order valence-corrected chi connectivity index (χ1v) is 15.5. The summed E-state index contributed by atoms with van der Waals surface area (Å²) in [4.78, 5) is 40.3. The normalized spacial score (nSPS) is 23.0. The molecule has 2 aromatic rings. The van der Waals surface area contributed by atoms with Crippen molar-refractivity contribution < 1.29 is 29.6 Å². The lowest BCUT2D eigenvalue weighted by Crippen LogP contribution is -2.67. The second kappa shape index (κ2) is 17.9. The molecule has 0 bridgehead atoms. The van der Waals surface area contributed by atoms with Gasteiger partial charge in [-0.2, -0.15) is 0 Å². The number of hydrogen-bond donors (Lipinski definition) is 7. The molecule has 6 atom stereocenters. The van der Waals surface area contributed by atoms with Crippen LogP contribution in [0.1, 0.15) is 97.3 Å². The molecule has 3 heterocycles. The Morgan fingerprint density at radius 3 is 2.24 bits per heavy atom. The Morgan fingerprint density at radius 1 is 0.952 bits per heavy atom. The van der Waals surface area contributed by atoms with Gasteiger partial charge in [-0.05, 0) is 13.3 Å². The van der Waals surface area contributed by atoms with E-state index in [0.717, 1.165) is 19.3 Å². The average Bonchev–Trinajstić information content (AvgIpc) is 3.47. The monoisotopic (exact) mass is 591 g/mol. The summed E-state index contributed by atoms with van der Waals surface area (Å²) in [6.45, 7) is 3.25. The Labute approximate surface area is 247 Å². The van der Waals surface area contributed by atoms with Crippen LogP contribution in [-0.2, 0) is 14.3 Å². The molecule has 2 amide bonds. The summed E-state index contributed by atoms with van der Waals surface area (Å²) in [6, 6.07) is -1.98. The number of aliphatic hydroxyl groups excluding tert-OH is 3. The van der Waals surface area contributed by atoms with Crippen molar-refractivity contribution in [3.05, 3.63) is 12.7 Å². The van der Waals surface area contributed by atoms with Gasteiger partial charge in [-0.15, -0.1) is 0 Å². The molecule has 0 aromatic carbocycles. The molecule has 0 saturated carbocycles. The highest BCUT2D eigenvalue weighted by molar-refractivity contribution is 5.87. The molecule has 2 aromatic heterocycles. The molecule has 1 saturated heterocycles. The fraction of sp³-hybridized carbons (Fsp3) is 0.759. The molecule has 1 aliphatic rings. The summed E-state index contributed by atoms with van der Waals surface area (Å²) in [5, 5.41) is 39.7. The van der Waals surface area contributed by atoms with Gasteiger partial charge in [-0.25, -0.2) is 15.0 Å². The summed E-state index contributed by atoms with van der Waals surface area (Å²) in [6.07, 6.45) is 12.4. The smallest absolute Gasteiger partial charge is 0.242 e. The van der Waals surface area contributed by atoms with Crippen LogP contribution in [-0.4, -0.2) is 90.3 Å². The number of carbonyl (C=O) groups excluding carboxylic acids is 2. The number of fused-ring (bicyclic) bond motifs is 1. The first kappa shape index (κ1) is 33.6. The molecule has 1 unspecified atom stereocenters. The van der Waals surface area contributed by atoms with Crippen LogP contribution in [0.2, 0.25) is 0 Å². The van der Waals surface area contributed by atoms with E-state index in [9.17, 15) is 24.9 Å². The summed E-state index contributed by atoms with van der Waals surface area (Å²) in [5.41, 5.74) is 0.879. The van der Waals surface area contributed by atoms with E-state index in [1.807, 2.05) is 0 Å². The van der Waals surface area contributed by atoms with Gasteiger partial charge in [0.05, 0.1) is 19.0 Å². The summed E-state index contributed by atoms with van der Waals surface area (Å²) < 4.78 is 5.78. The third kappa shape index (κ3) is 10.1. The molecule has 13 nitrogen and oxygen atoms in total. The van der Waals surface area contributed by atoms with Crippen molar-refractivity contribution in [1.29, 1.82) is 0 Å². The molecule has 1 aliphatic heterocycles. The molecule has 3 rings (SSSR count). The number of imidazole rings is 1. The standard InChI is InChI=1S/C29H49N7O6/c1-3-4-5-6-7-8-9-10-11-12-13-14-15-21(38)34-19(2)28(41)35-22-20(16-37)42-29(25(40)24(22)39)36-27-23-26(31-17-30-23)32-18-33-27/h17-20,22,24-25,29,37,39-40H,3-16H2,1-2H3,(H,34,38)(H,35,41)(H2,30,31,32,33,36)/t19-,20+,22+,24-,25?,29+/m1/s1. The van der Waals surface area contributed by atoms with Crippen molar-refractivity contribution in [2.24, 2.45) is 0 Å². The van der Waals surface area contributed by atoms with E-state index in [4.69, 9.17) is 4.74 Å². The van der Waals surface area contributed by atoms with Crippen molar-refractivity contribution in [1.82, 2.24) is 30.6 Å². The lowest BCUT2D eigenvalue weighted by atomic mass is 9.95. The van der Waals surface area contributed by atoms with E-state index >= 15 is 0 Å². The maximum absolute atomic E-state index is 12.8. The molecular formula is C29H49N7O6. The van der Waals surface area contributed by atoms with Crippen LogP contribution in [0.4, 0.5) is 5.82 Å². The highest BCUT2D eigenvalue weighted by atomic mass is 16.5. The van der Waals surface area contributed by atoms with Gasteiger partial charge in [0.1, 0.15) is 36.2 Å². The molecule has 0 radical (unpaired) electrons. The zero-order valence-corrected chi connectivity index (χ0v) is 24.9. The number of anilines is 1. The predicted molar refractivity (Wildman–Crippen MR) is 158 cm³/mol. The molecule has 236 valence electrons. The minimum atomic E-state index is -1.47. The van der Waals surface area contributed by atoms with Crippen molar-refractivity contribution in [3.8, 4) is 0 Å². The first-order chi connectivity index (χ1) is 20.3. The number of rotatable bonds is 19. The van der Waals surface area contributed by atoms with Crippen LogP contribution in [0.15, 0.2) is 12.7 Å². The van der Waals surface area contributed by atoms with Crippen LogP contribution in [0, 0.1) is 0 Å². The quantitative estimate of drug-likeness (QED) is 0.119. The zero-order chi connectivity index (χ0) is 30.3. The van der Waals surface area contributed by atoms with Crippen LogP contribution >= 0.6 is 0 Å². The lowest BCUT2D eigenvalue weighted by Gasteiger charge is -2.43. The van der Waals surface area contributed by atoms with Gasteiger partial charge in [-0.1, -0.05) is 77.6 Å². The Hall–Kier alpha value is -2.87. The van der Waals surface area contributed by atoms with Crippen LogP contribution in [0.25, 0.3) is 11.2 Å². The number of aromatic nitrogens is 4. The second-order valence-electron chi connectivity index (χ2n) is 11.2. The summed E-state index contributed by atoms with van der Waals surface area (Å²) in [5.74, 6) is -0.488. The van der Waals surface area contributed by atoms with E-state index < -0.39 is 49.1 Å². The predicted octanol–water partition coefficient (Wildman–Crippen LogP) is 2.28. The topological polar surface area (TPSA) is 195 Å². The van der Waals surface area contributed by atoms with E-state index in [1.54, 1.807) is 6.92 Å². The molecular weight excluding hydrogens is 542 g/mol. The first-order valence-electron chi connectivity index (χ1n) is 15.5. The molecule has 13 heteroatoms. The van der Waals surface area contributed by atoms with Gasteiger partial charge in [-0.3, -0.25) is 9.59 Å². The minimum Gasteiger partial charge on any atom is -0.394 e. The summed E-state index contributed by atoms with van der Waals surface area (Å²) >= 11 is 0. The van der Waals surface area contributed by atoms with Gasteiger partial charge in [0.15, 0.2) is 17.7 Å². The van der Waals surface area contributed by atoms with Gasteiger partial charge in [0.2, 0.25) is 11.8 Å². The fourth-order valence-electron chi connectivity index (χ4n) is 5.22. The average molecular weight is 592 g/mol. The van der Waals surface area contributed by atoms with Gasteiger partial charge in [0, 0.05) is 6.42 Å². The van der Waals surface area contributed by atoms with Crippen molar-refractivity contribution >= 4 is 28.8 Å². The molecule has 0 spiro atoms. The van der Waals surface area contributed by atoms with Gasteiger partial charge >= 0.3 is 0 Å². The maximum atomic E-state index is 12.8. The van der Waals surface area contributed by atoms with Gasteiger partial charge in [0.25, 0.3) is 0 Å². The zero-order valence-electron chi connectivity index (χ0n) is 24.9. The largest absolute Gasteiger partial charge is 0.394 e. The number of carbonyl (C=O) groups is 2. The Morgan fingerprint density at radius 2 is 1.60 bits per heavy atom. The van der Waals surface area contributed by atoms with E-state index in [-0.39, 0.29) is 11.7 Å². The van der Waals surface area contributed by atoms with E-state index in [1.165, 1.54) is 70.4 Å². The summed E-state index contributed by atoms with van der Waals surface area (Å²) in [7, 11) is 0. The number of aliphatic hydroxyl groups is 3. The number of ether oxygens (including phenoxy) is 1. The Bertz CT molecular complexity index is 1080. The lowest BCUT2D eigenvalue weighted by molar-refractivity contribution is -0.185. The molecule has 0 aliphatic carbocycles. The number of nitrogens with one attached hydrogen (secondary N) is 4. The minimum absolute atomic E-state index is 0.219. The number of H-pyrrole nitrogens is 1. The van der Waals surface area contributed by atoms with E-state index in [0.29, 0.717) is 17.6 Å². The van der Waals surface area contributed by atoms with Crippen LogP contribution in [0.5, 0.6) is 0 Å².